The van der Waals surface area contributed by atoms with Gasteiger partial charge in [0.15, 0.2) is 12.4 Å². The normalized spacial score (nSPS) is 18.5. The smallest absolute Gasteiger partial charge is 0.348 e. The van der Waals surface area contributed by atoms with Gasteiger partial charge in [0.25, 0.3) is 0 Å². The predicted octanol–water partition coefficient (Wildman–Crippen LogP) is 3.62. The van der Waals surface area contributed by atoms with Crippen molar-refractivity contribution in [1.29, 1.82) is 0 Å². The van der Waals surface area contributed by atoms with Crippen LogP contribution in [0.1, 0.15) is 55.8 Å². The summed E-state index contributed by atoms with van der Waals surface area (Å²) in [6.07, 6.45) is 5.71. The molecule has 30 heavy (non-hydrogen) atoms. The topological polar surface area (TPSA) is 80.8 Å². The second kappa shape index (κ2) is 8.15. The number of nitrogens with zero attached hydrogens (tertiary/aromatic N) is 1. The van der Waals surface area contributed by atoms with Crippen LogP contribution in [0.3, 0.4) is 0 Å². The van der Waals surface area contributed by atoms with Crippen molar-refractivity contribution in [3.05, 3.63) is 50.7 Å². The van der Waals surface area contributed by atoms with Crippen LogP contribution in [0.15, 0.2) is 24.3 Å². The summed E-state index contributed by atoms with van der Waals surface area (Å²) in [6, 6.07) is 6.89. The second-order valence-corrected chi connectivity index (χ2v) is 11.2. The molecule has 0 fully saturated rings. The monoisotopic (exact) mass is 447 g/mol. The van der Waals surface area contributed by atoms with Crippen LogP contribution >= 0.6 is 11.3 Å². The van der Waals surface area contributed by atoms with Crippen LogP contribution in [0.4, 0.5) is 5.69 Å². The van der Waals surface area contributed by atoms with Crippen molar-refractivity contribution in [3.8, 4) is 0 Å². The summed E-state index contributed by atoms with van der Waals surface area (Å²) in [5.74, 6) is -0.130. The second-order valence-electron chi connectivity index (χ2n) is 8.19. The molecule has 1 aromatic carbocycles. The van der Waals surface area contributed by atoms with Crippen LogP contribution in [0, 0.1) is 5.92 Å². The first-order valence-electron chi connectivity index (χ1n) is 10.1. The molecule has 4 rings (SSSR count). The van der Waals surface area contributed by atoms with Gasteiger partial charge in [-0.3, -0.25) is 9.10 Å². The Bertz CT molecular complexity index is 1100. The van der Waals surface area contributed by atoms with E-state index in [4.69, 9.17) is 4.74 Å². The zero-order valence-electron chi connectivity index (χ0n) is 17.1. The first kappa shape index (κ1) is 21.1. The predicted molar refractivity (Wildman–Crippen MR) is 117 cm³/mol. The van der Waals surface area contributed by atoms with Gasteiger partial charge >= 0.3 is 5.97 Å². The fourth-order valence-electron chi connectivity index (χ4n) is 4.17. The molecule has 0 saturated heterocycles. The Morgan fingerprint density at radius 1 is 1.20 bits per heavy atom. The van der Waals surface area contributed by atoms with E-state index in [0.29, 0.717) is 41.4 Å². The molecule has 2 heterocycles. The van der Waals surface area contributed by atoms with E-state index in [1.165, 1.54) is 32.3 Å². The largest absolute Gasteiger partial charge is 0.453 e. The Morgan fingerprint density at radius 3 is 2.77 bits per heavy atom. The number of hydrogen-bond donors (Lipinski definition) is 0. The van der Waals surface area contributed by atoms with Crippen molar-refractivity contribution in [2.24, 2.45) is 5.92 Å². The number of anilines is 1. The molecule has 0 N–H and O–H groups in total. The molecule has 1 atom stereocenters. The van der Waals surface area contributed by atoms with E-state index in [2.05, 4.69) is 6.92 Å². The van der Waals surface area contributed by atoms with Crippen LogP contribution in [-0.2, 0) is 34.0 Å². The fourth-order valence-corrected chi connectivity index (χ4v) is 6.27. The lowest BCUT2D eigenvalue weighted by Gasteiger charge is -2.29. The molecule has 2 aliphatic rings. The third-order valence-electron chi connectivity index (χ3n) is 5.74. The number of Topliss-reactive ketones (excluding diaryl/α,β-unsaturated/α-hetero) is 1. The van der Waals surface area contributed by atoms with E-state index in [1.807, 2.05) is 6.07 Å². The zero-order chi connectivity index (χ0) is 21.5. The molecule has 160 valence electrons. The van der Waals surface area contributed by atoms with Crippen LogP contribution in [0.25, 0.3) is 0 Å². The van der Waals surface area contributed by atoms with Gasteiger partial charge in [0.1, 0.15) is 4.88 Å². The Balaban J connectivity index is 1.43. The summed E-state index contributed by atoms with van der Waals surface area (Å²) in [5.41, 5.74) is 3.10. The van der Waals surface area contributed by atoms with Crippen LogP contribution in [0.5, 0.6) is 0 Å². The van der Waals surface area contributed by atoms with Crippen LogP contribution < -0.4 is 4.31 Å². The molecule has 6 nitrogen and oxygen atoms in total. The standard InChI is InChI=1S/C22H25NO5S2/c1-14-5-8-20-17(10-14)12-21(29-20)22(25)28-13-19(24)16-6-7-18-15(11-16)4-3-9-23(18)30(2,26)27/h6-7,11-12,14H,3-5,8-10,13H2,1-2H3. The number of thiophene rings is 1. The molecule has 1 aromatic heterocycles. The van der Waals surface area contributed by atoms with Gasteiger partial charge in [-0.05, 0) is 73.4 Å². The molecule has 8 heteroatoms. The lowest BCUT2D eigenvalue weighted by atomic mass is 9.90. The van der Waals surface area contributed by atoms with Gasteiger partial charge < -0.3 is 4.74 Å². The number of hydrogen-bond acceptors (Lipinski definition) is 6. The third kappa shape index (κ3) is 4.30. The highest BCUT2D eigenvalue weighted by molar-refractivity contribution is 7.92. The van der Waals surface area contributed by atoms with Gasteiger partial charge in [-0.15, -0.1) is 11.3 Å². The minimum absolute atomic E-state index is 0.294. The van der Waals surface area contributed by atoms with Crippen molar-refractivity contribution in [3.63, 3.8) is 0 Å². The number of rotatable bonds is 5. The average Bonchev–Trinajstić information content (AvgIpc) is 3.13. The van der Waals surface area contributed by atoms with E-state index in [-0.39, 0.29) is 12.4 Å². The number of esters is 1. The lowest BCUT2D eigenvalue weighted by molar-refractivity contribution is 0.0479. The maximum atomic E-state index is 12.6. The van der Waals surface area contributed by atoms with Gasteiger partial charge in [-0.2, -0.15) is 0 Å². The van der Waals surface area contributed by atoms with Crippen LogP contribution in [-0.4, -0.2) is 39.6 Å². The molecule has 1 aliphatic carbocycles. The molecule has 0 bridgehead atoms. The van der Waals surface area contributed by atoms with E-state index in [0.717, 1.165) is 24.8 Å². The van der Waals surface area contributed by atoms with Crippen molar-refractivity contribution >= 4 is 38.8 Å². The highest BCUT2D eigenvalue weighted by Gasteiger charge is 2.25. The summed E-state index contributed by atoms with van der Waals surface area (Å²) < 4.78 is 30.6. The molecule has 2 aromatic rings. The first-order chi connectivity index (χ1) is 14.2. The van der Waals surface area contributed by atoms with Gasteiger partial charge in [0, 0.05) is 17.0 Å². The minimum atomic E-state index is -3.35. The van der Waals surface area contributed by atoms with Crippen LogP contribution in [0.2, 0.25) is 0 Å². The summed E-state index contributed by atoms with van der Waals surface area (Å²) in [4.78, 5) is 26.8. The number of ether oxygens (including phenoxy) is 1. The van der Waals surface area contributed by atoms with Gasteiger partial charge in [-0.1, -0.05) is 6.92 Å². The molecular formula is C22H25NO5S2. The Kier molecular flexibility index (Phi) is 5.72. The van der Waals surface area contributed by atoms with E-state index in [9.17, 15) is 18.0 Å². The van der Waals surface area contributed by atoms with E-state index >= 15 is 0 Å². The Morgan fingerprint density at radius 2 is 2.00 bits per heavy atom. The van der Waals surface area contributed by atoms with Crippen molar-refractivity contribution < 1.29 is 22.7 Å². The SMILES string of the molecule is CC1CCc2sc(C(=O)OCC(=O)c3ccc4c(c3)CCCN4S(C)(=O)=O)cc2C1. The number of ketones is 1. The summed E-state index contributed by atoms with van der Waals surface area (Å²) >= 11 is 1.47. The molecule has 1 unspecified atom stereocenters. The molecule has 0 amide bonds. The number of fused-ring (bicyclic) bond motifs is 2. The number of benzene rings is 1. The number of carbonyl (C=O) groups excluding carboxylic acids is 2. The first-order valence-corrected chi connectivity index (χ1v) is 12.8. The van der Waals surface area contributed by atoms with Gasteiger partial charge in [0.05, 0.1) is 11.9 Å². The minimum Gasteiger partial charge on any atom is -0.453 e. The van der Waals surface area contributed by atoms with E-state index < -0.39 is 16.0 Å². The fraction of sp³-hybridized carbons (Fsp3) is 0.455. The summed E-state index contributed by atoms with van der Waals surface area (Å²) in [5, 5.41) is 0. The molecule has 1 aliphatic heterocycles. The maximum Gasteiger partial charge on any atom is 0.348 e. The lowest BCUT2D eigenvalue weighted by Crippen LogP contribution is -2.34. The van der Waals surface area contributed by atoms with Crippen molar-refractivity contribution in [2.45, 2.75) is 39.0 Å². The molecule has 0 saturated carbocycles. The average molecular weight is 448 g/mol. The van der Waals surface area contributed by atoms with Gasteiger partial charge in [-0.25, -0.2) is 13.2 Å². The number of aryl methyl sites for hydroxylation is 2. The Labute approximate surface area is 180 Å². The Hall–Kier alpha value is -2.19. The highest BCUT2D eigenvalue weighted by Crippen LogP contribution is 2.33. The number of carbonyl (C=O) groups is 2. The maximum absolute atomic E-state index is 12.6. The highest BCUT2D eigenvalue weighted by atomic mass is 32.2. The quantitative estimate of drug-likeness (QED) is 0.517. The molecular weight excluding hydrogens is 422 g/mol. The molecule has 0 spiro atoms. The van der Waals surface area contributed by atoms with Crippen molar-refractivity contribution in [1.82, 2.24) is 0 Å². The third-order valence-corrected chi connectivity index (χ3v) is 8.14. The van der Waals surface area contributed by atoms with Crippen molar-refractivity contribution in [2.75, 3.05) is 23.7 Å². The number of sulfonamides is 1. The zero-order valence-corrected chi connectivity index (χ0v) is 18.8. The van der Waals surface area contributed by atoms with E-state index in [1.54, 1.807) is 18.2 Å². The molecule has 0 radical (unpaired) electrons. The summed E-state index contributed by atoms with van der Waals surface area (Å²) in [7, 11) is -3.35. The van der Waals surface area contributed by atoms with Gasteiger partial charge in [0.2, 0.25) is 10.0 Å². The summed E-state index contributed by atoms with van der Waals surface area (Å²) in [6.45, 7) is 2.33.